The molecule has 0 bridgehead atoms. The van der Waals surface area contributed by atoms with Gasteiger partial charge in [-0.1, -0.05) is 6.92 Å². The van der Waals surface area contributed by atoms with E-state index < -0.39 is 5.79 Å². The van der Waals surface area contributed by atoms with Crippen molar-refractivity contribution >= 4 is 0 Å². The first kappa shape index (κ1) is 10.9. The van der Waals surface area contributed by atoms with E-state index in [4.69, 9.17) is 4.74 Å². The number of hydrogen-bond donors (Lipinski definition) is 0. The monoisotopic (exact) mass is 189 g/mol. The number of nitrogens with zero attached hydrogens (tertiary/aromatic N) is 1. The molecule has 0 aromatic carbocycles. The van der Waals surface area contributed by atoms with Gasteiger partial charge in [-0.15, -0.1) is 0 Å². The maximum atomic E-state index is 13.9. The Hall–Kier alpha value is -0.150. The predicted molar refractivity (Wildman–Crippen MR) is 51.4 cm³/mol. The molecule has 1 heterocycles. The molecule has 3 heteroatoms. The van der Waals surface area contributed by atoms with Gasteiger partial charge in [0.25, 0.3) is 0 Å². The lowest BCUT2D eigenvalue weighted by atomic mass is 10.2. The van der Waals surface area contributed by atoms with Crippen LogP contribution in [0, 0.1) is 0 Å². The highest BCUT2D eigenvalue weighted by molar-refractivity contribution is 4.90. The first-order valence-electron chi connectivity index (χ1n) is 5.06. The SMILES string of the molecule is CCCN1C(COC)CCC1(C)F. The van der Waals surface area contributed by atoms with Gasteiger partial charge in [0.05, 0.1) is 6.61 Å². The maximum absolute atomic E-state index is 13.9. The van der Waals surface area contributed by atoms with E-state index in [-0.39, 0.29) is 6.04 Å². The molecule has 13 heavy (non-hydrogen) atoms. The lowest BCUT2D eigenvalue weighted by Crippen LogP contribution is -2.44. The van der Waals surface area contributed by atoms with Crippen molar-refractivity contribution in [3.8, 4) is 0 Å². The zero-order chi connectivity index (χ0) is 9.90. The van der Waals surface area contributed by atoms with Crippen LogP contribution in [0.15, 0.2) is 0 Å². The zero-order valence-electron chi connectivity index (χ0n) is 8.85. The van der Waals surface area contributed by atoms with Crippen LogP contribution in [0.5, 0.6) is 0 Å². The first-order chi connectivity index (χ1) is 6.11. The maximum Gasteiger partial charge on any atom is 0.161 e. The summed E-state index contributed by atoms with van der Waals surface area (Å²) >= 11 is 0. The predicted octanol–water partition coefficient (Wildman–Crippen LogP) is 2.19. The first-order valence-corrected chi connectivity index (χ1v) is 5.06. The molecule has 78 valence electrons. The standard InChI is InChI=1S/C10H20FNO/c1-4-7-12-9(8-13-3)5-6-10(12,2)11/h9H,4-8H2,1-3H3. The molecular formula is C10H20FNO. The molecular weight excluding hydrogens is 169 g/mol. The molecule has 0 aromatic heterocycles. The quantitative estimate of drug-likeness (QED) is 0.629. The van der Waals surface area contributed by atoms with Gasteiger partial charge in [0.2, 0.25) is 0 Å². The summed E-state index contributed by atoms with van der Waals surface area (Å²) in [5, 5.41) is 0. The number of likely N-dealkylation sites (tertiary alicyclic amines) is 1. The Kier molecular flexibility index (Phi) is 3.68. The van der Waals surface area contributed by atoms with Crippen molar-refractivity contribution in [3.63, 3.8) is 0 Å². The Morgan fingerprint density at radius 2 is 2.31 bits per heavy atom. The van der Waals surface area contributed by atoms with Gasteiger partial charge in [-0.05, 0) is 26.2 Å². The normalized spacial score (nSPS) is 35.5. The Morgan fingerprint density at radius 3 is 2.85 bits per heavy atom. The van der Waals surface area contributed by atoms with Gasteiger partial charge in [-0.2, -0.15) is 0 Å². The van der Waals surface area contributed by atoms with Crippen molar-refractivity contribution in [1.82, 2.24) is 4.90 Å². The van der Waals surface area contributed by atoms with E-state index in [2.05, 4.69) is 6.92 Å². The highest BCUT2D eigenvalue weighted by atomic mass is 19.1. The molecule has 0 amide bonds. The molecule has 0 N–H and O–H groups in total. The molecule has 0 saturated carbocycles. The molecule has 0 spiro atoms. The van der Waals surface area contributed by atoms with Gasteiger partial charge >= 0.3 is 0 Å². The number of methoxy groups -OCH3 is 1. The van der Waals surface area contributed by atoms with Crippen molar-refractivity contribution in [2.24, 2.45) is 0 Å². The minimum atomic E-state index is -1.11. The van der Waals surface area contributed by atoms with Crippen LogP contribution in [0.2, 0.25) is 0 Å². The molecule has 2 atom stereocenters. The molecule has 1 saturated heterocycles. The van der Waals surface area contributed by atoms with Crippen LogP contribution in [-0.2, 0) is 4.74 Å². The van der Waals surface area contributed by atoms with E-state index in [9.17, 15) is 4.39 Å². The van der Waals surface area contributed by atoms with Crippen molar-refractivity contribution in [2.75, 3.05) is 20.3 Å². The molecule has 1 aliphatic heterocycles. The number of ether oxygens (including phenoxy) is 1. The van der Waals surface area contributed by atoms with Gasteiger partial charge in [-0.25, -0.2) is 4.39 Å². The highest BCUT2D eigenvalue weighted by Gasteiger charge is 2.42. The molecule has 0 aromatic rings. The van der Waals surface area contributed by atoms with Crippen molar-refractivity contribution in [3.05, 3.63) is 0 Å². The van der Waals surface area contributed by atoms with Gasteiger partial charge in [-0.3, -0.25) is 4.90 Å². The second-order valence-corrected chi connectivity index (χ2v) is 3.98. The van der Waals surface area contributed by atoms with Crippen molar-refractivity contribution < 1.29 is 9.13 Å². The summed E-state index contributed by atoms with van der Waals surface area (Å²) in [5.74, 6) is -1.11. The van der Waals surface area contributed by atoms with Gasteiger partial charge in [0.15, 0.2) is 5.79 Å². The average molecular weight is 189 g/mol. The lowest BCUT2D eigenvalue weighted by molar-refractivity contribution is -0.0201. The largest absolute Gasteiger partial charge is 0.383 e. The topological polar surface area (TPSA) is 12.5 Å². The van der Waals surface area contributed by atoms with Gasteiger partial charge in [0.1, 0.15) is 0 Å². The third-order valence-corrected chi connectivity index (χ3v) is 2.80. The number of rotatable bonds is 4. The summed E-state index contributed by atoms with van der Waals surface area (Å²) in [7, 11) is 1.68. The lowest BCUT2D eigenvalue weighted by Gasteiger charge is -2.31. The third-order valence-electron chi connectivity index (χ3n) is 2.80. The fourth-order valence-corrected chi connectivity index (χ4v) is 2.13. The second-order valence-electron chi connectivity index (χ2n) is 3.98. The third kappa shape index (κ3) is 2.41. The van der Waals surface area contributed by atoms with Crippen LogP contribution in [-0.4, -0.2) is 37.0 Å². The number of halogens is 1. The van der Waals surface area contributed by atoms with E-state index >= 15 is 0 Å². The minimum absolute atomic E-state index is 0.278. The van der Waals surface area contributed by atoms with Crippen molar-refractivity contribution in [1.29, 1.82) is 0 Å². The van der Waals surface area contributed by atoms with Crippen LogP contribution in [0.25, 0.3) is 0 Å². The van der Waals surface area contributed by atoms with E-state index in [1.54, 1.807) is 14.0 Å². The fourth-order valence-electron chi connectivity index (χ4n) is 2.13. The van der Waals surface area contributed by atoms with Crippen molar-refractivity contribution in [2.45, 2.75) is 44.9 Å². The summed E-state index contributed by atoms with van der Waals surface area (Å²) in [6, 6.07) is 0.278. The molecule has 1 fully saturated rings. The number of alkyl halides is 1. The zero-order valence-corrected chi connectivity index (χ0v) is 8.85. The summed E-state index contributed by atoms with van der Waals surface area (Å²) in [5.41, 5.74) is 0. The molecule has 2 unspecified atom stereocenters. The molecule has 1 rings (SSSR count). The molecule has 0 radical (unpaired) electrons. The fraction of sp³-hybridized carbons (Fsp3) is 1.00. The molecule has 1 aliphatic rings. The summed E-state index contributed by atoms with van der Waals surface area (Å²) < 4.78 is 19.0. The Morgan fingerprint density at radius 1 is 1.62 bits per heavy atom. The van der Waals surface area contributed by atoms with Gasteiger partial charge in [0, 0.05) is 19.7 Å². The Bertz CT molecular complexity index is 161. The summed E-state index contributed by atoms with van der Waals surface area (Å²) in [4.78, 5) is 1.94. The van der Waals surface area contributed by atoms with Crippen LogP contribution in [0.1, 0.15) is 33.1 Å². The second kappa shape index (κ2) is 4.38. The smallest absolute Gasteiger partial charge is 0.161 e. The van der Waals surface area contributed by atoms with E-state index in [0.29, 0.717) is 13.0 Å². The minimum Gasteiger partial charge on any atom is -0.383 e. The van der Waals surface area contributed by atoms with Crippen LogP contribution in [0.3, 0.4) is 0 Å². The highest BCUT2D eigenvalue weighted by Crippen LogP contribution is 2.34. The molecule has 0 aliphatic carbocycles. The summed E-state index contributed by atoms with van der Waals surface area (Å²) in [6.45, 7) is 5.25. The van der Waals surface area contributed by atoms with Crippen LogP contribution in [0.4, 0.5) is 4.39 Å². The van der Waals surface area contributed by atoms with E-state index in [1.807, 2.05) is 4.90 Å². The van der Waals surface area contributed by atoms with E-state index in [0.717, 1.165) is 19.4 Å². The number of hydrogen-bond acceptors (Lipinski definition) is 2. The molecule has 2 nitrogen and oxygen atoms in total. The van der Waals surface area contributed by atoms with E-state index in [1.165, 1.54) is 0 Å². The van der Waals surface area contributed by atoms with Gasteiger partial charge < -0.3 is 4.74 Å². The average Bonchev–Trinajstić information content (AvgIpc) is 2.33. The summed E-state index contributed by atoms with van der Waals surface area (Å²) in [6.07, 6.45) is 2.56. The Labute approximate surface area is 80.1 Å². The van der Waals surface area contributed by atoms with Crippen LogP contribution < -0.4 is 0 Å². The Balaban J connectivity index is 2.56. The van der Waals surface area contributed by atoms with Crippen LogP contribution >= 0.6 is 0 Å².